The molecule has 0 unspecified atom stereocenters. The number of fused-ring (bicyclic) bond motifs is 1. The van der Waals surface area contributed by atoms with Crippen LogP contribution in [-0.4, -0.2) is 35.1 Å². The predicted molar refractivity (Wildman–Crippen MR) is 116 cm³/mol. The van der Waals surface area contributed by atoms with Crippen LogP contribution in [0.1, 0.15) is 25.3 Å². The van der Waals surface area contributed by atoms with Crippen LogP contribution in [0.4, 0.5) is 4.39 Å². The van der Waals surface area contributed by atoms with E-state index in [9.17, 15) is 9.18 Å². The predicted octanol–water partition coefficient (Wildman–Crippen LogP) is 3.05. The van der Waals surface area contributed by atoms with Gasteiger partial charge in [-0.2, -0.15) is 0 Å². The van der Waals surface area contributed by atoms with Crippen molar-refractivity contribution in [3.63, 3.8) is 0 Å². The molecule has 0 radical (unpaired) electrons. The number of aromatic amines is 1. The molecule has 0 spiro atoms. The number of nitrogens with one attached hydrogen (secondary N) is 3. The van der Waals surface area contributed by atoms with Crippen LogP contribution in [0.5, 0.6) is 0 Å². The highest BCUT2D eigenvalue weighted by Crippen LogP contribution is 2.19. The first-order chi connectivity index (χ1) is 14.2. The van der Waals surface area contributed by atoms with Gasteiger partial charge in [-0.1, -0.05) is 6.07 Å². The summed E-state index contributed by atoms with van der Waals surface area (Å²) in [6.07, 6.45) is 6.37. The van der Waals surface area contributed by atoms with Crippen LogP contribution >= 0.6 is 0 Å². The molecule has 154 valence electrons. The maximum absolute atomic E-state index is 13.3. The van der Waals surface area contributed by atoms with Crippen molar-refractivity contribution in [1.82, 2.24) is 20.2 Å². The molecule has 0 aliphatic heterocycles. The van der Waals surface area contributed by atoms with E-state index in [4.69, 9.17) is 0 Å². The number of guanidine groups is 1. The largest absolute Gasteiger partial charge is 0.361 e. The van der Waals surface area contributed by atoms with Crippen LogP contribution in [0, 0.1) is 5.82 Å². The van der Waals surface area contributed by atoms with Crippen LogP contribution in [0.3, 0.4) is 0 Å². The van der Waals surface area contributed by atoms with E-state index in [0.29, 0.717) is 13.1 Å². The second-order valence-electron chi connectivity index (χ2n) is 6.88. The third kappa shape index (κ3) is 5.94. The zero-order valence-electron chi connectivity index (χ0n) is 16.7. The highest BCUT2D eigenvalue weighted by molar-refractivity contribution is 5.83. The Morgan fingerprint density at radius 1 is 1.21 bits per heavy atom. The van der Waals surface area contributed by atoms with Gasteiger partial charge >= 0.3 is 0 Å². The fourth-order valence-corrected chi connectivity index (χ4v) is 3.25. The quantitative estimate of drug-likeness (QED) is 0.295. The lowest BCUT2D eigenvalue weighted by Gasteiger charge is -2.11. The summed E-state index contributed by atoms with van der Waals surface area (Å²) >= 11 is 0. The Labute approximate surface area is 169 Å². The normalized spacial score (nSPS) is 11.7. The number of hydrogen-bond acceptors (Lipinski definition) is 2. The van der Waals surface area contributed by atoms with E-state index in [0.717, 1.165) is 54.8 Å². The van der Waals surface area contributed by atoms with Gasteiger partial charge in [-0.05, 0) is 56.0 Å². The molecular weight excluding hydrogens is 369 g/mol. The first-order valence-electron chi connectivity index (χ1n) is 10.1. The van der Waals surface area contributed by atoms with Gasteiger partial charge < -0.3 is 20.2 Å². The minimum atomic E-state index is -0.234. The number of hydrogen-bond donors (Lipinski definition) is 3. The number of aromatic nitrogens is 2. The number of aryl methyl sites for hydroxylation is 1. The van der Waals surface area contributed by atoms with Crippen molar-refractivity contribution in [3.8, 4) is 0 Å². The van der Waals surface area contributed by atoms with Gasteiger partial charge in [0.15, 0.2) is 5.96 Å². The number of benzene rings is 1. The average Bonchev–Trinajstić information content (AvgIpc) is 3.11. The Balaban J connectivity index is 1.45. The molecule has 0 amide bonds. The highest BCUT2D eigenvalue weighted by atomic mass is 19.1. The molecule has 0 saturated carbocycles. The zero-order valence-corrected chi connectivity index (χ0v) is 16.7. The van der Waals surface area contributed by atoms with Gasteiger partial charge in [-0.3, -0.25) is 9.79 Å². The maximum Gasteiger partial charge on any atom is 0.250 e. The average molecular weight is 397 g/mol. The van der Waals surface area contributed by atoms with Crippen molar-refractivity contribution in [2.45, 2.75) is 32.7 Å². The van der Waals surface area contributed by atoms with Gasteiger partial charge in [0, 0.05) is 55.5 Å². The third-order valence-corrected chi connectivity index (χ3v) is 4.74. The highest BCUT2D eigenvalue weighted by Gasteiger charge is 2.05. The minimum Gasteiger partial charge on any atom is -0.361 e. The van der Waals surface area contributed by atoms with Gasteiger partial charge in [-0.25, -0.2) is 4.39 Å². The molecule has 3 rings (SSSR count). The number of aliphatic imine (C=N–C) groups is 1. The van der Waals surface area contributed by atoms with E-state index < -0.39 is 0 Å². The second-order valence-corrected chi connectivity index (χ2v) is 6.88. The fraction of sp³-hybridized carbons (Fsp3) is 0.364. The van der Waals surface area contributed by atoms with E-state index in [-0.39, 0.29) is 11.4 Å². The number of rotatable bonds is 9. The Bertz CT molecular complexity index is 1010. The molecule has 2 aromatic heterocycles. The standard InChI is InChI=1S/C22H28FN5O/c1-2-24-22(25-11-4-6-14-28-13-5-3-7-21(28)29)26-12-10-17-16-27-20-15-18(23)8-9-19(17)20/h3,5,7-9,13,15-16,27H,2,4,6,10-12,14H2,1H3,(H2,24,25,26). The van der Waals surface area contributed by atoms with Crippen LogP contribution in [0.2, 0.25) is 0 Å². The molecule has 2 heterocycles. The fourth-order valence-electron chi connectivity index (χ4n) is 3.25. The zero-order chi connectivity index (χ0) is 20.5. The lowest BCUT2D eigenvalue weighted by Crippen LogP contribution is -2.38. The van der Waals surface area contributed by atoms with Gasteiger partial charge in [0.25, 0.3) is 0 Å². The Morgan fingerprint density at radius 3 is 2.93 bits per heavy atom. The molecule has 0 aliphatic carbocycles. The van der Waals surface area contributed by atoms with Crippen molar-refractivity contribution in [1.29, 1.82) is 0 Å². The van der Waals surface area contributed by atoms with E-state index in [1.54, 1.807) is 16.7 Å². The molecule has 0 fully saturated rings. The second kappa shape index (κ2) is 10.5. The van der Waals surface area contributed by atoms with Crippen molar-refractivity contribution < 1.29 is 4.39 Å². The molecular formula is C22H28FN5O. The summed E-state index contributed by atoms with van der Waals surface area (Å²) in [5.74, 6) is 0.554. The summed E-state index contributed by atoms with van der Waals surface area (Å²) in [5, 5.41) is 7.65. The number of H-pyrrole nitrogens is 1. The number of nitrogens with zero attached hydrogens (tertiary/aromatic N) is 2. The van der Waals surface area contributed by atoms with Gasteiger partial charge in [0.2, 0.25) is 5.56 Å². The van der Waals surface area contributed by atoms with E-state index >= 15 is 0 Å². The van der Waals surface area contributed by atoms with Crippen molar-refractivity contribution in [3.05, 3.63) is 70.5 Å². The summed E-state index contributed by atoms with van der Waals surface area (Å²) in [6.45, 7) is 4.96. The molecule has 7 heteroatoms. The molecule has 6 nitrogen and oxygen atoms in total. The third-order valence-electron chi connectivity index (χ3n) is 4.74. The molecule has 0 atom stereocenters. The number of pyridine rings is 1. The lowest BCUT2D eigenvalue weighted by molar-refractivity contribution is 0.597. The van der Waals surface area contributed by atoms with Gasteiger partial charge in [0.05, 0.1) is 0 Å². The Hall–Kier alpha value is -3.09. The van der Waals surface area contributed by atoms with Crippen LogP contribution in [0.25, 0.3) is 10.9 Å². The molecule has 0 bridgehead atoms. The van der Waals surface area contributed by atoms with Crippen LogP contribution in [0.15, 0.2) is 58.6 Å². The summed E-state index contributed by atoms with van der Waals surface area (Å²) in [6, 6.07) is 10.0. The topological polar surface area (TPSA) is 74.2 Å². The van der Waals surface area contributed by atoms with Crippen LogP contribution in [-0.2, 0) is 13.0 Å². The van der Waals surface area contributed by atoms with Crippen LogP contribution < -0.4 is 16.2 Å². The lowest BCUT2D eigenvalue weighted by atomic mass is 10.1. The summed E-state index contributed by atoms with van der Waals surface area (Å²) in [5.41, 5.74) is 2.00. The molecule has 0 aliphatic rings. The van der Waals surface area contributed by atoms with Gasteiger partial charge in [0.1, 0.15) is 5.82 Å². The Morgan fingerprint density at radius 2 is 2.10 bits per heavy atom. The van der Waals surface area contributed by atoms with Crippen molar-refractivity contribution in [2.75, 3.05) is 19.6 Å². The molecule has 29 heavy (non-hydrogen) atoms. The molecule has 3 aromatic rings. The molecule has 0 saturated heterocycles. The molecule has 1 aromatic carbocycles. The van der Waals surface area contributed by atoms with Crippen molar-refractivity contribution >= 4 is 16.9 Å². The Kier molecular flexibility index (Phi) is 7.44. The van der Waals surface area contributed by atoms with E-state index in [1.807, 2.05) is 31.5 Å². The van der Waals surface area contributed by atoms with Crippen molar-refractivity contribution in [2.24, 2.45) is 4.99 Å². The monoisotopic (exact) mass is 397 g/mol. The SMILES string of the molecule is CCNC(=NCCCCn1ccccc1=O)NCCc1c[nH]c2cc(F)ccc12. The minimum absolute atomic E-state index is 0.0334. The van der Waals surface area contributed by atoms with E-state index in [1.165, 1.54) is 12.1 Å². The number of unbranched alkanes of at least 4 members (excludes halogenated alkanes) is 1. The van der Waals surface area contributed by atoms with Gasteiger partial charge in [-0.15, -0.1) is 0 Å². The maximum atomic E-state index is 13.3. The first kappa shape index (κ1) is 20.6. The molecule has 3 N–H and O–H groups in total. The summed E-state index contributed by atoms with van der Waals surface area (Å²) in [7, 11) is 0. The summed E-state index contributed by atoms with van der Waals surface area (Å²) in [4.78, 5) is 19.4. The smallest absolute Gasteiger partial charge is 0.250 e. The summed E-state index contributed by atoms with van der Waals surface area (Å²) < 4.78 is 15.0. The first-order valence-corrected chi connectivity index (χ1v) is 10.1. The van der Waals surface area contributed by atoms with E-state index in [2.05, 4.69) is 20.6 Å². The number of halogens is 1.